The number of hydrogen-bond donors (Lipinski definition) is 3. The zero-order chi connectivity index (χ0) is 16.8. The highest BCUT2D eigenvalue weighted by atomic mass is 35.5. The van der Waals surface area contributed by atoms with E-state index in [0.29, 0.717) is 19.1 Å². The zero-order valence-corrected chi connectivity index (χ0v) is 15.4. The summed E-state index contributed by atoms with van der Waals surface area (Å²) in [6.45, 7) is 5.91. The lowest BCUT2D eigenvalue weighted by atomic mass is 10.1. The summed E-state index contributed by atoms with van der Waals surface area (Å²) in [5, 5.41) is 16.4. The van der Waals surface area contributed by atoms with Crippen molar-refractivity contribution in [2.75, 3.05) is 19.6 Å². The van der Waals surface area contributed by atoms with Crippen LogP contribution in [0, 0.1) is 12.8 Å². The first-order valence-corrected chi connectivity index (χ1v) is 8.57. The lowest BCUT2D eigenvalue weighted by Crippen LogP contribution is -2.30. The van der Waals surface area contributed by atoms with Crippen LogP contribution in [-0.2, 0) is 13.2 Å². The van der Waals surface area contributed by atoms with Crippen LogP contribution in [0.15, 0.2) is 48.5 Å². The summed E-state index contributed by atoms with van der Waals surface area (Å²) in [7, 11) is 0. The van der Waals surface area contributed by atoms with Crippen LogP contribution in [0.4, 0.5) is 0 Å². The fourth-order valence-corrected chi connectivity index (χ4v) is 2.88. The summed E-state index contributed by atoms with van der Waals surface area (Å²) in [5.41, 5.74) is 3.66. The smallest absolute Gasteiger partial charge is 0.119 e. The standard InChI is InChI=1S/C20H26N2O2.ClH/c1-15-2-4-17(5-3-15)14-24-19-8-6-16(7-9-19)10-21-11-18-12-22-13-20(18)23;/h2-9,18,20-23H,10-14H2,1H3;1H. The fourth-order valence-electron chi connectivity index (χ4n) is 2.88. The number of aryl methyl sites for hydroxylation is 1. The second kappa shape index (κ2) is 9.78. The van der Waals surface area contributed by atoms with Crippen molar-refractivity contribution in [3.05, 3.63) is 65.2 Å². The summed E-state index contributed by atoms with van der Waals surface area (Å²) in [5.74, 6) is 1.19. The van der Waals surface area contributed by atoms with Crippen molar-refractivity contribution in [3.63, 3.8) is 0 Å². The lowest BCUT2D eigenvalue weighted by Gasteiger charge is -2.14. The zero-order valence-electron chi connectivity index (χ0n) is 14.6. The van der Waals surface area contributed by atoms with Crippen molar-refractivity contribution in [3.8, 4) is 5.75 Å². The van der Waals surface area contributed by atoms with E-state index in [1.807, 2.05) is 12.1 Å². The van der Waals surface area contributed by atoms with Crippen LogP contribution >= 0.6 is 12.4 Å². The highest BCUT2D eigenvalue weighted by Crippen LogP contribution is 2.15. The summed E-state index contributed by atoms with van der Waals surface area (Å²) in [6.07, 6.45) is -0.227. The van der Waals surface area contributed by atoms with Crippen LogP contribution in [0.2, 0.25) is 0 Å². The van der Waals surface area contributed by atoms with Gasteiger partial charge in [0, 0.05) is 32.1 Å². The minimum absolute atomic E-state index is 0. The molecule has 2 aromatic rings. The first kappa shape index (κ1) is 19.7. The van der Waals surface area contributed by atoms with Gasteiger partial charge in [0.25, 0.3) is 0 Å². The average molecular weight is 363 g/mol. The van der Waals surface area contributed by atoms with Gasteiger partial charge in [-0.1, -0.05) is 42.0 Å². The lowest BCUT2D eigenvalue weighted by molar-refractivity contribution is 0.146. The number of aliphatic hydroxyl groups excluding tert-OH is 1. The van der Waals surface area contributed by atoms with E-state index in [1.165, 1.54) is 16.7 Å². The quantitative estimate of drug-likeness (QED) is 0.708. The summed E-state index contributed by atoms with van der Waals surface area (Å²) < 4.78 is 5.83. The molecule has 0 radical (unpaired) electrons. The Morgan fingerprint density at radius 1 is 1.04 bits per heavy atom. The van der Waals surface area contributed by atoms with Crippen molar-refractivity contribution < 1.29 is 9.84 Å². The minimum Gasteiger partial charge on any atom is -0.489 e. The molecule has 5 heteroatoms. The van der Waals surface area contributed by atoms with Gasteiger partial charge in [0.05, 0.1) is 6.10 Å². The summed E-state index contributed by atoms with van der Waals surface area (Å²) in [6, 6.07) is 16.6. The van der Waals surface area contributed by atoms with E-state index < -0.39 is 0 Å². The molecule has 0 aromatic heterocycles. The number of rotatable bonds is 7. The van der Waals surface area contributed by atoms with Gasteiger partial charge in [-0.3, -0.25) is 0 Å². The number of β-amino-alcohol motifs (C(OH)–C–C–N with tert-alkyl or cyclic N) is 1. The minimum atomic E-state index is -0.227. The van der Waals surface area contributed by atoms with E-state index in [-0.39, 0.29) is 18.5 Å². The Morgan fingerprint density at radius 3 is 2.36 bits per heavy atom. The molecule has 1 fully saturated rings. The molecule has 136 valence electrons. The third-order valence-corrected chi connectivity index (χ3v) is 4.49. The maximum Gasteiger partial charge on any atom is 0.119 e. The molecule has 0 amide bonds. The Labute approximate surface area is 156 Å². The van der Waals surface area contributed by atoms with Crippen LogP contribution in [0.3, 0.4) is 0 Å². The molecular formula is C20H27ClN2O2. The van der Waals surface area contributed by atoms with Crippen LogP contribution in [0.25, 0.3) is 0 Å². The SMILES string of the molecule is Cc1ccc(COc2ccc(CNCC3CNCC3O)cc2)cc1.Cl. The van der Waals surface area contributed by atoms with Gasteiger partial charge in [0.15, 0.2) is 0 Å². The van der Waals surface area contributed by atoms with E-state index in [4.69, 9.17) is 4.74 Å². The number of aliphatic hydroxyl groups is 1. The van der Waals surface area contributed by atoms with Crippen LogP contribution in [0.1, 0.15) is 16.7 Å². The summed E-state index contributed by atoms with van der Waals surface area (Å²) >= 11 is 0. The van der Waals surface area contributed by atoms with Crippen molar-refractivity contribution in [1.82, 2.24) is 10.6 Å². The molecule has 3 N–H and O–H groups in total. The molecule has 4 nitrogen and oxygen atoms in total. The number of ether oxygens (including phenoxy) is 1. The molecule has 2 aromatic carbocycles. The molecule has 0 aliphatic carbocycles. The van der Waals surface area contributed by atoms with E-state index in [1.54, 1.807) is 0 Å². The van der Waals surface area contributed by atoms with E-state index in [9.17, 15) is 5.11 Å². The summed E-state index contributed by atoms with van der Waals surface area (Å²) in [4.78, 5) is 0. The van der Waals surface area contributed by atoms with Gasteiger partial charge in [-0.2, -0.15) is 0 Å². The maximum absolute atomic E-state index is 9.77. The first-order valence-electron chi connectivity index (χ1n) is 8.57. The number of nitrogens with one attached hydrogen (secondary N) is 2. The van der Waals surface area contributed by atoms with Crippen molar-refractivity contribution in [2.45, 2.75) is 26.2 Å². The fraction of sp³-hybridized carbons (Fsp3) is 0.400. The third kappa shape index (κ3) is 6.01. The molecule has 1 aliphatic rings. The van der Waals surface area contributed by atoms with Gasteiger partial charge in [0.2, 0.25) is 0 Å². The van der Waals surface area contributed by atoms with Gasteiger partial charge in [-0.15, -0.1) is 12.4 Å². The molecule has 0 spiro atoms. The second-order valence-electron chi connectivity index (χ2n) is 6.53. The highest BCUT2D eigenvalue weighted by Gasteiger charge is 2.23. The molecule has 25 heavy (non-hydrogen) atoms. The molecule has 1 heterocycles. The normalized spacial score (nSPS) is 19.4. The first-order chi connectivity index (χ1) is 11.7. The van der Waals surface area contributed by atoms with Crippen molar-refractivity contribution in [2.24, 2.45) is 5.92 Å². The molecular weight excluding hydrogens is 336 g/mol. The van der Waals surface area contributed by atoms with E-state index in [2.05, 4.69) is 54.0 Å². The van der Waals surface area contributed by atoms with Crippen LogP contribution < -0.4 is 15.4 Å². The molecule has 0 saturated carbocycles. The van der Waals surface area contributed by atoms with Gasteiger partial charge in [-0.05, 0) is 30.2 Å². The highest BCUT2D eigenvalue weighted by molar-refractivity contribution is 5.85. The molecule has 2 unspecified atom stereocenters. The predicted octanol–water partition coefficient (Wildman–Crippen LogP) is 2.67. The van der Waals surface area contributed by atoms with Crippen molar-refractivity contribution in [1.29, 1.82) is 0 Å². The van der Waals surface area contributed by atoms with Gasteiger partial charge in [-0.25, -0.2) is 0 Å². The Morgan fingerprint density at radius 2 is 1.72 bits per heavy atom. The Kier molecular flexibility index (Phi) is 7.72. The third-order valence-electron chi connectivity index (χ3n) is 4.49. The predicted molar refractivity (Wildman–Crippen MR) is 103 cm³/mol. The molecule has 0 bridgehead atoms. The average Bonchev–Trinajstić information content (AvgIpc) is 3.01. The Balaban J connectivity index is 0.00000225. The molecule has 1 saturated heterocycles. The molecule has 3 rings (SSSR count). The second-order valence-corrected chi connectivity index (χ2v) is 6.53. The maximum atomic E-state index is 9.77. The largest absolute Gasteiger partial charge is 0.489 e. The number of benzene rings is 2. The van der Waals surface area contributed by atoms with Crippen molar-refractivity contribution >= 4 is 12.4 Å². The monoisotopic (exact) mass is 362 g/mol. The molecule has 2 atom stereocenters. The Hall–Kier alpha value is -1.59. The van der Waals surface area contributed by atoms with Gasteiger partial charge >= 0.3 is 0 Å². The Bertz CT molecular complexity index is 631. The van der Waals surface area contributed by atoms with Crippen LogP contribution in [-0.4, -0.2) is 30.8 Å². The van der Waals surface area contributed by atoms with E-state index >= 15 is 0 Å². The van der Waals surface area contributed by atoms with Gasteiger partial charge in [0.1, 0.15) is 12.4 Å². The molecule has 1 aliphatic heterocycles. The van der Waals surface area contributed by atoms with E-state index in [0.717, 1.165) is 25.4 Å². The number of halogens is 1. The number of hydrogen-bond acceptors (Lipinski definition) is 4. The van der Waals surface area contributed by atoms with Crippen LogP contribution in [0.5, 0.6) is 5.75 Å². The topological polar surface area (TPSA) is 53.5 Å². The van der Waals surface area contributed by atoms with Gasteiger partial charge < -0.3 is 20.5 Å².